The lowest BCUT2D eigenvalue weighted by atomic mass is 9.92. The highest BCUT2D eigenvalue weighted by molar-refractivity contribution is 7.09. The summed E-state index contributed by atoms with van der Waals surface area (Å²) in [5, 5.41) is 7.05. The van der Waals surface area contributed by atoms with Crippen LogP contribution in [0.1, 0.15) is 40.5 Å². The van der Waals surface area contributed by atoms with E-state index in [1.807, 2.05) is 23.4 Å². The molecule has 0 aromatic carbocycles. The monoisotopic (exact) mass is 346 g/mol. The normalized spacial score (nSPS) is 22.3. The van der Waals surface area contributed by atoms with Crippen LogP contribution >= 0.6 is 11.3 Å². The SMILES string of the molecule is Cc1cc(C(=O)N2CCC3(CC2)C[C@H]3N(C)Cc2nccs2)no1. The number of amides is 1. The van der Waals surface area contributed by atoms with Gasteiger partial charge in [-0.15, -0.1) is 11.3 Å². The molecule has 1 amide bonds. The lowest BCUT2D eigenvalue weighted by Crippen LogP contribution is -2.41. The molecule has 128 valence electrons. The maximum absolute atomic E-state index is 12.5. The van der Waals surface area contributed by atoms with Crippen LogP contribution in [0.25, 0.3) is 0 Å². The third-order valence-electron chi connectivity index (χ3n) is 5.44. The molecule has 0 unspecified atom stereocenters. The molecule has 0 N–H and O–H groups in total. The number of aromatic nitrogens is 2. The van der Waals surface area contributed by atoms with Crippen LogP contribution in [0, 0.1) is 12.3 Å². The van der Waals surface area contributed by atoms with Crippen LogP contribution < -0.4 is 0 Å². The topological polar surface area (TPSA) is 62.5 Å². The van der Waals surface area contributed by atoms with Crippen molar-refractivity contribution in [2.24, 2.45) is 5.41 Å². The van der Waals surface area contributed by atoms with E-state index >= 15 is 0 Å². The molecule has 24 heavy (non-hydrogen) atoms. The Balaban J connectivity index is 1.33. The van der Waals surface area contributed by atoms with E-state index in [9.17, 15) is 4.79 Å². The zero-order valence-corrected chi connectivity index (χ0v) is 14.9. The van der Waals surface area contributed by atoms with E-state index in [4.69, 9.17) is 4.52 Å². The first-order chi connectivity index (χ1) is 11.6. The number of hydrogen-bond acceptors (Lipinski definition) is 6. The van der Waals surface area contributed by atoms with Crippen molar-refractivity contribution in [2.75, 3.05) is 20.1 Å². The van der Waals surface area contributed by atoms with Gasteiger partial charge >= 0.3 is 0 Å². The molecule has 1 spiro atoms. The number of thiazole rings is 1. The highest BCUT2D eigenvalue weighted by Crippen LogP contribution is 2.56. The molecule has 6 nitrogen and oxygen atoms in total. The number of nitrogens with zero attached hydrogens (tertiary/aromatic N) is 4. The van der Waals surface area contributed by atoms with E-state index in [-0.39, 0.29) is 5.91 Å². The molecule has 2 aromatic heterocycles. The van der Waals surface area contributed by atoms with Crippen molar-refractivity contribution in [3.63, 3.8) is 0 Å². The van der Waals surface area contributed by atoms with Crippen molar-refractivity contribution < 1.29 is 9.32 Å². The van der Waals surface area contributed by atoms with Gasteiger partial charge in [0.05, 0.1) is 6.54 Å². The summed E-state index contributed by atoms with van der Waals surface area (Å²) < 4.78 is 5.02. The zero-order chi connectivity index (χ0) is 16.7. The summed E-state index contributed by atoms with van der Waals surface area (Å²) in [7, 11) is 2.19. The van der Waals surface area contributed by atoms with E-state index in [0.717, 1.165) is 32.5 Å². The van der Waals surface area contributed by atoms with Gasteiger partial charge in [0.2, 0.25) is 0 Å². The van der Waals surface area contributed by atoms with E-state index in [1.165, 1.54) is 11.4 Å². The molecule has 7 heteroatoms. The van der Waals surface area contributed by atoms with Crippen molar-refractivity contribution in [3.05, 3.63) is 34.1 Å². The number of piperidine rings is 1. The van der Waals surface area contributed by atoms with Crippen LogP contribution in [0.15, 0.2) is 22.2 Å². The van der Waals surface area contributed by atoms with E-state index in [1.54, 1.807) is 17.4 Å². The first-order valence-electron chi connectivity index (χ1n) is 8.39. The quantitative estimate of drug-likeness (QED) is 0.851. The Labute approximate surface area is 145 Å². The molecule has 1 aliphatic carbocycles. The average Bonchev–Trinajstić information content (AvgIpc) is 2.95. The molecule has 2 aliphatic rings. The molecule has 1 saturated carbocycles. The summed E-state index contributed by atoms with van der Waals surface area (Å²) in [6.07, 6.45) is 5.25. The molecule has 1 aliphatic heterocycles. The largest absolute Gasteiger partial charge is 0.361 e. The average molecular weight is 346 g/mol. The molecule has 0 radical (unpaired) electrons. The molecule has 4 rings (SSSR count). The second-order valence-corrected chi connectivity index (χ2v) is 8.02. The number of aryl methyl sites for hydroxylation is 1. The van der Waals surface area contributed by atoms with Crippen molar-refractivity contribution in [3.8, 4) is 0 Å². The van der Waals surface area contributed by atoms with Crippen molar-refractivity contribution in [2.45, 2.75) is 38.8 Å². The van der Waals surface area contributed by atoms with Gasteiger partial charge in [-0.2, -0.15) is 0 Å². The highest BCUT2D eigenvalue weighted by Gasteiger charge is 2.56. The van der Waals surface area contributed by atoms with Gasteiger partial charge in [-0.3, -0.25) is 9.69 Å². The number of carbonyl (C=O) groups is 1. The van der Waals surface area contributed by atoms with E-state index in [2.05, 4.69) is 22.1 Å². The van der Waals surface area contributed by atoms with Gasteiger partial charge in [0.1, 0.15) is 10.8 Å². The van der Waals surface area contributed by atoms with Gasteiger partial charge in [0, 0.05) is 36.8 Å². The first-order valence-corrected chi connectivity index (χ1v) is 9.27. The summed E-state index contributed by atoms with van der Waals surface area (Å²) in [6, 6.07) is 2.34. The van der Waals surface area contributed by atoms with Gasteiger partial charge in [-0.25, -0.2) is 4.98 Å². The predicted octanol–water partition coefficient (Wildman–Crippen LogP) is 2.57. The lowest BCUT2D eigenvalue weighted by Gasteiger charge is -2.33. The summed E-state index contributed by atoms with van der Waals surface area (Å²) >= 11 is 1.71. The summed E-state index contributed by atoms with van der Waals surface area (Å²) in [4.78, 5) is 21.2. The minimum absolute atomic E-state index is 0.00459. The van der Waals surface area contributed by atoms with E-state index < -0.39 is 0 Å². The fraction of sp³-hybridized carbons (Fsp3) is 0.588. The molecule has 1 atom stereocenters. The first kappa shape index (κ1) is 15.8. The second kappa shape index (κ2) is 5.97. The molecule has 2 aromatic rings. The Bertz CT molecular complexity index is 719. The Morgan fingerprint density at radius 2 is 2.29 bits per heavy atom. The highest BCUT2D eigenvalue weighted by atomic mass is 32.1. The molecule has 0 bridgehead atoms. The zero-order valence-electron chi connectivity index (χ0n) is 14.1. The summed E-state index contributed by atoms with van der Waals surface area (Å²) in [5.41, 5.74) is 0.819. The Hall–Kier alpha value is -1.73. The number of likely N-dealkylation sites (tertiary alicyclic amines) is 1. The van der Waals surface area contributed by atoms with Crippen LogP contribution in [-0.4, -0.2) is 52.0 Å². The van der Waals surface area contributed by atoms with Gasteiger partial charge < -0.3 is 9.42 Å². The molecular weight excluding hydrogens is 324 g/mol. The maximum Gasteiger partial charge on any atom is 0.276 e. The van der Waals surface area contributed by atoms with E-state index in [0.29, 0.717) is 22.9 Å². The van der Waals surface area contributed by atoms with Gasteiger partial charge in [-0.05, 0) is 38.6 Å². The maximum atomic E-state index is 12.5. The third kappa shape index (κ3) is 2.86. The molecular formula is C17H22N4O2S. The van der Waals surface area contributed by atoms with Crippen molar-refractivity contribution in [1.82, 2.24) is 19.9 Å². The van der Waals surface area contributed by atoms with Crippen LogP contribution in [0.2, 0.25) is 0 Å². The summed E-state index contributed by atoms with van der Waals surface area (Å²) in [6.45, 7) is 4.35. The number of hydrogen-bond donors (Lipinski definition) is 0. The third-order valence-corrected chi connectivity index (χ3v) is 6.20. The van der Waals surface area contributed by atoms with Gasteiger partial charge in [0.25, 0.3) is 5.91 Å². The lowest BCUT2D eigenvalue weighted by molar-refractivity contribution is 0.0647. The number of rotatable bonds is 4. The standard InChI is InChI=1S/C17H22N4O2S/c1-12-9-13(19-23-12)16(22)21-6-3-17(4-7-21)10-14(17)20(2)11-15-18-5-8-24-15/h5,8-9,14H,3-4,6-7,10-11H2,1-2H3/t14-/m1/s1. The van der Waals surface area contributed by atoms with Crippen LogP contribution in [0.4, 0.5) is 0 Å². The Kier molecular flexibility index (Phi) is 3.92. The van der Waals surface area contributed by atoms with Crippen molar-refractivity contribution in [1.29, 1.82) is 0 Å². The van der Waals surface area contributed by atoms with Gasteiger partial charge in [0.15, 0.2) is 5.69 Å². The van der Waals surface area contributed by atoms with Crippen LogP contribution in [-0.2, 0) is 6.54 Å². The fourth-order valence-electron chi connectivity index (χ4n) is 3.93. The van der Waals surface area contributed by atoms with Gasteiger partial charge in [-0.1, -0.05) is 5.16 Å². The Morgan fingerprint density at radius 1 is 1.50 bits per heavy atom. The predicted molar refractivity (Wildman–Crippen MR) is 90.8 cm³/mol. The number of carbonyl (C=O) groups excluding carboxylic acids is 1. The minimum atomic E-state index is -0.00459. The van der Waals surface area contributed by atoms with Crippen LogP contribution in [0.5, 0.6) is 0 Å². The summed E-state index contributed by atoms with van der Waals surface area (Å²) in [5.74, 6) is 0.674. The van der Waals surface area contributed by atoms with Crippen LogP contribution in [0.3, 0.4) is 0 Å². The minimum Gasteiger partial charge on any atom is -0.361 e. The molecule has 1 saturated heterocycles. The van der Waals surface area contributed by atoms with Crippen molar-refractivity contribution >= 4 is 17.2 Å². The molecule has 3 heterocycles. The fourth-order valence-corrected chi connectivity index (χ4v) is 4.60. The smallest absolute Gasteiger partial charge is 0.276 e. The second-order valence-electron chi connectivity index (χ2n) is 7.04. The Morgan fingerprint density at radius 3 is 2.92 bits per heavy atom. The molecule has 2 fully saturated rings.